The Morgan fingerprint density at radius 3 is 2.62 bits per heavy atom. The molecule has 0 spiro atoms. The molecule has 1 aromatic heterocycles. The number of morpholine rings is 1. The van der Waals surface area contributed by atoms with Crippen molar-refractivity contribution in [2.75, 3.05) is 31.2 Å². The summed E-state index contributed by atoms with van der Waals surface area (Å²) in [6, 6.07) is 3.87. The summed E-state index contributed by atoms with van der Waals surface area (Å²) in [4.78, 5) is 22.7. The van der Waals surface area contributed by atoms with Crippen LogP contribution in [0, 0.1) is 5.82 Å². The maximum Gasteiger partial charge on any atom is 0.225 e. The van der Waals surface area contributed by atoms with E-state index in [9.17, 15) is 9.18 Å². The van der Waals surface area contributed by atoms with Crippen LogP contribution in [-0.4, -0.2) is 42.1 Å². The van der Waals surface area contributed by atoms with Gasteiger partial charge in [-0.1, -0.05) is 11.6 Å². The molecule has 0 amide bonds. The van der Waals surface area contributed by atoms with Gasteiger partial charge >= 0.3 is 0 Å². The first kappa shape index (κ1) is 16.5. The molecule has 0 radical (unpaired) electrons. The van der Waals surface area contributed by atoms with Gasteiger partial charge in [0.2, 0.25) is 5.95 Å². The molecular formula is C17H15ClFN3O2. The van der Waals surface area contributed by atoms with Crippen molar-refractivity contribution in [2.24, 2.45) is 0 Å². The van der Waals surface area contributed by atoms with Gasteiger partial charge in [-0.3, -0.25) is 4.79 Å². The van der Waals surface area contributed by atoms with E-state index in [4.69, 9.17) is 16.3 Å². The van der Waals surface area contributed by atoms with Crippen molar-refractivity contribution in [3.63, 3.8) is 0 Å². The Labute approximate surface area is 143 Å². The minimum atomic E-state index is -0.552. The smallest absolute Gasteiger partial charge is 0.225 e. The van der Waals surface area contributed by atoms with Crippen LogP contribution in [0.3, 0.4) is 0 Å². The number of allylic oxidation sites excluding steroid dienone is 1. The monoisotopic (exact) mass is 347 g/mol. The summed E-state index contributed by atoms with van der Waals surface area (Å²) in [5.74, 6) is -0.175. The van der Waals surface area contributed by atoms with Gasteiger partial charge in [-0.15, -0.1) is 0 Å². The normalized spacial score (nSPS) is 15.0. The molecule has 0 unspecified atom stereocenters. The van der Waals surface area contributed by atoms with Gasteiger partial charge in [0.05, 0.1) is 18.2 Å². The van der Waals surface area contributed by atoms with Crippen LogP contribution in [0.15, 0.2) is 36.7 Å². The highest BCUT2D eigenvalue weighted by Gasteiger charge is 2.13. The molecule has 0 aliphatic carbocycles. The second-order valence-electron chi connectivity index (χ2n) is 5.24. The van der Waals surface area contributed by atoms with E-state index in [2.05, 4.69) is 9.97 Å². The van der Waals surface area contributed by atoms with Crippen LogP contribution in [0.2, 0.25) is 5.02 Å². The zero-order chi connectivity index (χ0) is 16.9. The largest absolute Gasteiger partial charge is 0.378 e. The second-order valence-corrected chi connectivity index (χ2v) is 5.65. The molecule has 124 valence electrons. The summed E-state index contributed by atoms with van der Waals surface area (Å²) in [6.45, 7) is 2.86. The molecule has 1 saturated heterocycles. The van der Waals surface area contributed by atoms with Gasteiger partial charge in [0, 0.05) is 36.6 Å². The Morgan fingerprint density at radius 2 is 1.96 bits per heavy atom. The van der Waals surface area contributed by atoms with Crippen molar-refractivity contribution >= 4 is 29.4 Å². The van der Waals surface area contributed by atoms with Gasteiger partial charge in [-0.05, 0) is 30.4 Å². The number of ketones is 1. The average Bonchev–Trinajstić information content (AvgIpc) is 2.63. The fraction of sp³-hybridized carbons (Fsp3) is 0.235. The topological polar surface area (TPSA) is 55.3 Å². The first-order valence-corrected chi connectivity index (χ1v) is 7.83. The van der Waals surface area contributed by atoms with Gasteiger partial charge in [-0.25, -0.2) is 14.4 Å². The first-order chi connectivity index (χ1) is 11.6. The molecule has 0 bridgehead atoms. The number of halogens is 2. The Hall–Kier alpha value is -2.31. The third-order valence-corrected chi connectivity index (χ3v) is 3.87. The van der Waals surface area contributed by atoms with E-state index in [0.717, 1.165) is 13.1 Å². The molecule has 1 fully saturated rings. The fourth-order valence-electron chi connectivity index (χ4n) is 2.26. The summed E-state index contributed by atoms with van der Waals surface area (Å²) in [5, 5.41) is -0.0764. The summed E-state index contributed by atoms with van der Waals surface area (Å²) >= 11 is 5.68. The van der Waals surface area contributed by atoms with Crippen LogP contribution in [0.25, 0.3) is 6.08 Å². The highest BCUT2D eigenvalue weighted by molar-refractivity contribution is 6.31. The number of nitrogens with zero attached hydrogens (tertiary/aromatic N) is 3. The van der Waals surface area contributed by atoms with Crippen LogP contribution in [0.5, 0.6) is 0 Å². The van der Waals surface area contributed by atoms with E-state index in [1.165, 1.54) is 24.3 Å². The van der Waals surface area contributed by atoms with Crippen molar-refractivity contribution in [1.29, 1.82) is 0 Å². The molecule has 5 nitrogen and oxygen atoms in total. The average molecular weight is 348 g/mol. The lowest BCUT2D eigenvalue weighted by Gasteiger charge is -2.26. The standard InChI is InChI=1S/C17H15ClFN3O2/c18-14-9-13(2-3-15(14)19)16(23)4-1-12-10-20-17(21-11-12)22-5-7-24-8-6-22/h1-4,9-11H,5-8H2. The van der Waals surface area contributed by atoms with Crippen molar-refractivity contribution in [3.8, 4) is 0 Å². The third kappa shape index (κ3) is 3.96. The predicted octanol–water partition coefficient (Wildman–Crippen LogP) is 3.00. The Bertz CT molecular complexity index is 759. The zero-order valence-electron chi connectivity index (χ0n) is 12.8. The fourth-order valence-corrected chi connectivity index (χ4v) is 2.44. The molecule has 7 heteroatoms. The number of benzene rings is 1. The van der Waals surface area contributed by atoms with Gasteiger partial charge in [0.25, 0.3) is 0 Å². The number of aromatic nitrogens is 2. The molecule has 0 saturated carbocycles. The minimum Gasteiger partial charge on any atom is -0.378 e. The molecule has 0 N–H and O–H groups in total. The van der Waals surface area contributed by atoms with E-state index in [1.54, 1.807) is 18.5 Å². The number of ether oxygens (including phenoxy) is 1. The second kappa shape index (κ2) is 7.51. The minimum absolute atomic E-state index is 0.0764. The maximum absolute atomic E-state index is 13.1. The Balaban J connectivity index is 1.67. The number of hydrogen-bond donors (Lipinski definition) is 0. The lowest BCUT2D eigenvalue weighted by Crippen LogP contribution is -2.37. The van der Waals surface area contributed by atoms with Gasteiger partial charge in [0.15, 0.2) is 5.78 Å². The van der Waals surface area contributed by atoms with E-state index in [-0.39, 0.29) is 10.8 Å². The lowest BCUT2D eigenvalue weighted by atomic mass is 10.1. The van der Waals surface area contributed by atoms with E-state index < -0.39 is 5.82 Å². The molecule has 24 heavy (non-hydrogen) atoms. The number of carbonyl (C=O) groups is 1. The zero-order valence-corrected chi connectivity index (χ0v) is 13.5. The van der Waals surface area contributed by atoms with Crippen LogP contribution < -0.4 is 4.90 Å². The van der Waals surface area contributed by atoms with E-state index in [1.807, 2.05) is 4.90 Å². The van der Waals surface area contributed by atoms with Crippen LogP contribution >= 0.6 is 11.6 Å². The first-order valence-electron chi connectivity index (χ1n) is 7.46. The molecule has 2 heterocycles. The molecule has 2 aromatic rings. The van der Waals surface area contributed by atoms with Crippen molar-refractivity contribution in [2.45, 2.75) is 0 Å². The van der Waals surface area contributed by atoms with Crippen molar-refractivity contribution in [3.05, 3.63) is 58.6 Å². The highest BCUT2D eigenvalue weighted by atomic mass is 35.5. The number of rotatable bonds is 4. The molecule has 1 aromatic carbocycles. The quantitative estimate of drug-likeness (QED) is 0.628. The number of carbonyl (C=O) groups excluding carboxylic acids is 1. The molecular weight excluding hydrogens is 333 g/mol. The van der Waals surface area contributed by atoms with Crippen LogP contribution in [0.4, 0.5) is 10.3 Å². The van der Waals surface area contributed by atoms with Gasteiger partial charge in [0.1, 0.15) is 5.82 Å². The number of anilines is 1. The Morgan fingerprint density at radius 1 is 1.25 bits per heavy atom. The molecule has 1 aliphatic heterocycles. The van der Waals surface area contributed by atoms with Crippen molar-refractivity contribution < 1.29 is 13.9 Å². The summed E-state index contributed by atoms with van der Waals surface area (Å²) in [7, 11) is 0. The number of hydrogen-bond acceptors (Lipinski definition) is 5. The Kier molecular flexibility index (Phi) is 5.17. The predicted molar refractivity (Wildman–Crippen MR) is 89.8 cm³/mol. The van der Waals surface area contributed by atoms with Crippen LogP contribution in [-0.2, 0) is 4.74 Å². The van der Waals surface area contributed by atoms with Gasteiger partial charge < -0.3 is 9.64 Å². The van der Waals surface area contributed by atoms with Gasteiger partial charge in [-0.2, -0.15) is 0 Å². The molecule has 1 aliphatic rings. The van der Waals surface area contributed by atoms with E-state index in [0.29, 0.717) is 30.3 Å². The van der Waals surface area contributed by atoms with E-state index >= 15 is 0 Å². The summed E-state index contributed by atoms with van der Waals surface area (Å²) in [5.41, 5.74) is 1.03. The van der Waals surface area contributed by atoms with Crippen molar-refractivity contribution in [1.82, 2.24) is 9.97 Å². The third-order valence-electron chi connectivity index (χ3n) is 3.58. The van der Waals surface area contributed by atoms with Crippen LogP contribution in [0.1, 0.15) is 15.9 Å². The highest BCUT2D eigenvalue weighted by Crippen LogP contribution is 2.17. The summed E-state index contributed by atoms with van der Waals surface area (Å²) < 4.78 is 18.4. The summed E-state index contributed by atoms with van der Waals surface area (Å²) in [6.07, 6.45) is 6.30. The maximum atomic E-state index is 13.1. The molecule has 0 atom stereocenters. The SMILES string of the molecule is O=C(C=Cc1cnc(N2CCOCC2)nc1)c1ccc(F)c(Cl)c1. The molecule has 3 rings (SSSR count). The lowest BCUT2D eigenvalue weighted by molar-refractivity contribution is 0.104.